The molecule has 0 fully saturated rings. The van der Waals surface area contributed by atoms with Crippen molar-refractivity contribution in [1.29, 1.82) is 0 Å². The summed E-state index contributed by atoms with van der Waals surface area (Å²) in [5, 5.41) is 0. The van der Waals surface area contributed by atoms with Crippen LogP contribution in [0.4, 0.5) is 0 Å². The quantitative estimate of drug-likeness (QED) is 0.476. The fourth-order valence-electron chi connectivity index (χ4n) is 1.43. The number of carbonyl (C=O) groups excluding carboxylic acids is 1. The summed E-state index contributed by atoms with van der Waals surface area (Å²) in [7, 11) is 0. The molecule has 2 aromatic rings. The Labute approximate surface area is 111 Å². The van der Waals surface area contributed by atoms with Gasteiger partial charge in [-0.1, -0.05) is 0 Å². The van der Waals surface area contributed by atoms with Gasteiger partial charge < -0.3 is 0 Å². The van der Waals surface area contributed by atoms with E-state index in [1.54, 1.807) is 0 Å². The third kappa shape index (κ3) is 3.85. The molecule has 2 rings (SSSR count). The summed E-state index contributed by atoms with van der Waals surface area (Å²) in [5.74, 6) is 0. The van der Waals surface area contributed by atoms with E-state index in [2.05, 4.69) is 12.1 Å². The van der Waals surface area contributed by atoms with Crippen LogP contribution in [0.15, 0.2) is 64.3 Å². The van der Waals surface area contributed by atoms with Gasteiger partial charge in [0.1, 0.15) is 0 Å². The summed E-state index contributed by atoms with van der Waals surface area (Å²) in [6.45, 7) is 0. The molecule has 0 saturated carbocycles. The van der Waals surface area contributed by atoms with Crippen LogP contribution in [-0.4, -0.2) is 27.2 Å². The van der Waals surface area contributed by atoms with Crippen molar-refractivity contribution in [2.24, 2.45) is 0 Å². The van der Waals surface area contributed by atoms with Crippen molar-refractivity contribution in [2.75, 3.05) is 0 Å². The molecule has 2 aromatic carbocycles. The summed E-state index contributed by atoms with van der Waals surface area (Å²) >= 11 is -0.563. The van der Waals surface area contributed by atoms with Gasteiger partial charge in [0.2, 0.25) is 0 Å². The van der Waals surface area contributed by atoms with Crippen LogP contribution in [0, 0.1) is 0 Å². The second kappa shape index (κ2) is 6.39. The topological polar surface area (TPSA) is 17.1 Å². The van der Waals surface area contributed by atoms with E-state index in [1.807, 2.05) is 54.6 Å². The Hall–Kier alpha value is -1.36. The first-order valence-electron chi connectivity index (χ1n) is 5.33. The molecule has 0 atom stereocenters. The molecule has 0 radical (unpaired) electrons. The summed E-state index contributed by atoms with van der Waals surface area (Å²) in [4.78, 5) is 11.1. The van der Waals surface area contributed by atoms with Gasteiger partial charge in [-0.3, -0.25) is 0 Å². The maximum absolute atomic E-state index is 11.1. The van der Waals surface area contributed by atoms with E-state index in [9.17, 15) is 4.79 Å². The standard InChI is InChI=1S/C15H12OTe/c16-12-15(11-13-7-3-1-4-8-13)17-14-9-5-2-6-10-14/h1-12H/b15-11+. The zero-order valence-corrected chi connectivity index (χ0v) is 11.6. The average Bonchev–Trinajstić information content (AvgIpc) is 2.40. The van der Waals surface area contributed by atoms with Crippen LogP contribution >= 0.6 is 0 Å². The van der Waals surface area contributed by atoms with Crippen molar-refractivity contribution < 1.29 is 4.79 Å². The number of rotatable bonds is 4. The summed E-state index contributed by atoms with van der Waals surface area (Å²) in [6.07, 6.45) is 2.98. The van der Waals surface area contributed by atoms with Crippen molar-refractivity contribution in [3.05, 3.63) is 69.8 Å². The zero-order chi connectivity index (χ0) is 11.9. The van der Waals surface area contributed by atoms with Crippen molar-refractivity contribution >= 4 is 36.9 Å². The molecular weight excluding hydrogens is 324 g/mol. The second-order valence-electron chi connectivity index (χ2n) is 3.49. The number of allylic oxidation sites excluding steroid dienone is 1. The van der Waals surface area contributed by atoms with E-state index in [4.69, 9.17) is 0 Å². The Morgan fingerprint density at radius 3 is 2.06 bits per heavy atom. The molecule has 0 saturated heterocycles. The van der Waals surface area contributed by atoms with Gasteiger partial charge in [-0.05, 0) is 0 Å². The van der Waals surface area contributed by atoms with E-state index >= 15 is 0 Å². The Bertz CT molecular complexity index is 503. The van der Waals surface area contributed by atoms with Crippen molar-refractivity contribution in [2.45, 2.75) is 0 Å². The molecule has 2 heteroatoms. The van der Waals surface area contributed by atoms with Crippen LogP contribution < -0.4 is 3.61 Å². The van der Waals surface area contributed by atoms with Gasteiger partial charge in [-0.15, -0.1) is 0 Å². The van der Waals surface area contributed by atoms with Gasteiger partial charge in [0, 0.05) is 0 Å². The van der Waals surface area contributed by atoms with Gasteiger partial charge in [0.25, 0.3) is 0 Å². The molecule has 0 aliphatic rings. The van der Waals surface area contributed by atoms with E-state index in [0.29, 0.717) is 0 Å². The minimum atomic E-state index is -0.563. The van der Waals surface area contributed by atoms with E-state index in [0.717, 1.165) is 15.5 Å². The minimum absolute atomic E-state index is 0.563. The van der Waals surface area contributed by atoms with Gasteiger partial charge in [0.15, 0.2) is 0 Å². The molecule has 0 aromatic heterocycles. The maximum atomic E-state index is 11.1. The van der Waals surface area contributed by atoms with Crippen molar-refractivity contribution in [3.63, 3.8) is 0 Å². The molecule has 17 heavy (non-hydrogen) atoms. The summed E-state index contributed by atoms with van der Waals surface area (Å²) in [6, 6.07) is 20.2. The molecule has 0 spiro atoms. The van der Waals surface area contributed by atoms with Crippen molar-refractivity contribution in [3.8, 4) is 0 Å². The van der Waals surface area contributed by atoms with Gasteiger partial charge in [0.05, 0.1) is 0 Å². The van der Waals surface area contributed by atoms with Crippen LogP contribution in [-0.2, 0) is 4.79 Å². The van der Waals surface area contributed by atoms with E-state index in [-0.39, 0.29) is 0 Å². The van der Waals surface area contributed by atoms with Gasteiger partial charge >= 0.3 is 112 Å². The molecule has 0 aliphatic heterocycles. The monoisotopic (exact) mass is 338 g/mol. The van der Waals surface area contributed by atoms with E-state index in [1.165, 1.54) is 3.61 Å². The fraction of sp³-hybridized carbons (Fsp3) is 0. The normalized spacial score (nSPS) is 11.2. The second-order valence-corrected chi connectivity index (χ2v) is 6.76. The van der Waals surface area contributed by atoms with Gasteiger partial charge in [-0.2, -0.15) is 0 Å². The predicted octanol–water partition coefficient (Wildman–Crippen LogP) is 2.26. The molecule has 1 nitrogen and oxygen atoms in total. The first-order valence-corrected chi connectivity index (χ1v) is 7.66. The van der Waals surface area contributed by atoms with E-state index < -0.39 is 20.9 Å². The van der Waals surface area contributed by atoms with Crippen LogP contribution in [0.3, 0.4) is 0 Å². The Morgan fingerprint density at radius 2 is 1.47 bits per heavy atom. The first-order chi connectivity index (χ1) is 8.38. The first kappa shape index (κ1) is 12.1. The number of hydrogen-bond acceptors (Lipinski definition) is 1. The Balaban J connectivity index is 2.18. The predicted molar refractivity (Wildman–Crippen MR) is 72.3 cm³/mol. The summed E-state index contributed by atoms with van der Waals surface area (Å²) in [5.41, 5.74) is 1.09. The van der Waals surface area contributed by atoms with Crippen LogP contribution in [0.5, 0.6) is 0 Å². The third-order valence-electron chi connectivity index (χ3n) is 2.20. The fourth-order valence-corrected chi connectivity index (χ4v) is 3.73. The van der Waals surface area contributed by atoms with Crippen LogP contribution in [0.2, 0.25) is 0 Å². The van der Waals surface area contributed by atoms with Crippen LogP contribution in [0.25, 0.3) is 6.08 Å². The third-order valence-corrected chi connectivity index (χ3v) is 4.94. The number of hydrogen-bond donors (Lipinski definition) is 0. The molecule has 0 unspecified atom stereocenters. The van der Waals surface area contributed by atoms with Gasteiger partial charge in [-0.25, -0.2) is 0 Å². The molecule has 0 heterocycles. The Kier molecular flexibility index (Phi) is 4.55. The van der Waals surface area contributed by atoms with Crippen molar-refractivity contribution in [1.82, 2.24) is 0 Å². The number of carbonyl (C=O) groups is 1. The molecular formula is C15H12OTe. The average molecular weight is 336 g/mol. The zero-order valence-electron chi connectivity index (χ0n) is 9.24. The molecule has 84 valence electrons. The molecule has 0 amide bonds. The SMILES string of the molecule is O=C/C(=C\c1ccccc1)[Te]c1ccccc1. The summed E-state index contributed by atoms with van der Waals surface area (Å²) < 4.78 is 2.21. The number of benzene rings is 2. The molecule has 0 aliphatic carbocycles. The van der Waals surface area contributed by atoms with Crippen LogP contribution in [0.1, 0.15) is 5.56 Å². The number of aldehydes is 1. The molecule has 0 N–H and O–H groups in total. The molecule has 0 bridgehead atoms. The Morgan fingerprint density at radius 1 is 0.882 bits per heavy atom.